The van der Waals surface area contributed by atoms with Gasteiger partial charge in [0.1, 0.15) is 0 Å². The van der Waals surface area contributed by atoms with Crippen molar-refractivity contribution in [1.29, 1.82) is 0 Å². The third-order valence-electron chi connectivity index (χ3n) is 1.79. The van der Waals surface area contributed by atoms with Gasteiger partial charge < -0.3 is 0 Å². The Morgan fingerprint density at radius 1 is 1.00 bits per heavy atom. The summed E-state index contributed by atoms with van der Waals surface area (Å²) in [6.07, 6.45) is 4.10. The molecule has 0 aliphatic heterocycles. The standard InChI is InChI=1S/C11H15IS/c12-9-5-2-6-10-13-11-7-3-1-4-8-11/h1,3-4,7-8H,2,5-6,9-10H2. The van der Waals surface area contributed by atoms with Crippen molar-refractivity contribution in [3.05, 3.63) is 30.3 Å². The monoisotopic (exact) mass is 306 g/mol. The molecule has 0 aliphatic carbocycles. The summed E-state index contributed by atoms with van der Waals surface area (Å²) in [6, 6.07) is 10.6. The number of rotatable bonds is 6. The van der Waals surface area contributed by atoms with E-state index in [-0.39, 0.29) is 0 Å². The van der Waals surface area contributed by atoms with Crippen LogP contribution in [0.5, 0.6) is 0 Å². The van der Waals surface area contributed by atoms with Crippen LogP contribution < -0.4 is 0 Å². The van der Waals surface area contributed by atoms with E-state index in [1.165, 1.54) is 34.3 Å². The maximum atomic E-state index is 2.44. The summed E-state index contributed by atoms with van der Waals surface area (Å²) in [5.41, 5.74) is 0. The molecule has 2 heteroatoms. The van der Waals surface area contributed by atoms with Gasteiger partial charge in [-0.25, -0.2) is 0 Å². The minimum Gasteiger partial charge on any atom is -0.126 e. The summed E-state index contributed by atoms with van der Waals surface area (Å²) in [7, 11) is 0. The number of hydrogen-bond acceptors (Lipinski definition) is 1. The Morgan fingerprint density at radius 2 is 1.77 bits per heavy atom. The molecule has 0 fully saturated rings. The molecule has 0 atom stereocenters. The Morgan fingerprint density at radius 3 is 2.46 bits per heavy atom. The first kappa shape index (κ1) is 11.4. The Labute approximate surface area is 98.6 Å². The van der Waals surface area contributed by atoms with Gasteiger partial charge in [-0.3, -0.25) is 0 Å². The van der Waals surface area contributed by atoms with E-state index in [1.54, 1.807) is 0 Å². The number of unbranched alkanes of at least 4 members (excludes halogenated alkanes) is 2. The molecule has 0 saturated carbocycles. The third-order valence-corrected chi connectivity index (χ3v) is 3.65. The van der Waals surface area contributed by atoms with Crippen molar-refractivity contribution in [3.63, 3.8) is 0 Å². The summed E-state index contributed by atoms with van der Waals surface area (Å²) in [4.78, 5) is 1.40. The second-order valence-electron chi connectivity index (χ2n) is 2.91. The SMILES string of the molecule is ICCCCCSc1ccccc1. The van der Waals surface area contributed by atoms with E-state index in [1.807, 2.05) is 11.8 Å². The van der Waals surface area contributed by atoms with Crippen LogP contribution in [0, 0.1) is 0 Å². The Kier molecular flexibility index (Phi) is 6.72. The smallest absolute Gasteiger partial charge is 0.00719 e. The fourth-order valence-corrected chi connectivity index (χ4v) is 2.55. The first-order valence-corrected chi connectivity index (χ1v) is 7.18. The molecule has 0 amide bonds. The van der Waals surface area contributed by atoms with Crippen molar-refractivity contribution >= 4 is 34.4 Å². The Hall–Kier alpha value is 0.300. The second kappa shape index (κ2) is 7.68. The summed E-state index contributed by atoms with van der Waals surface area (Å²) in [6.45, 7) is 0. The highest BCUT2D eigenvalue weighted by molar-refractivity contribution is 14.1. The van der Waals surface area contributed by atoms with E-state index in [0.717, 1.165) is 0 Å². The maximum Gasteiger partial charge on any atom is 0.00719 e. The van der Waals surface area contributed by atoms with Gasteiger partial charge in [0.05, 0.1) is 0 Å². The van der Waals surface area contributed by atoms with Gasteiger partial charge in [0.15, 0.2) is 0 Å². The van der Waals surface area contributed by atoms with E-state index in [2.05, 4.69) is 52.9 Å². The summed E-state index contributed by atoms with van der Waals surface area (Å²) in [5, 5.41) is 0. The van der Waals surface area contributed by atoms with Crippen molar-refractivity contribution in [1.82, 2.24) is 0 Å². The average molecular weight is 306 g/mol. The highest BCUT2D eigenvalue weighted by atomic mass is 127. The van der Waals surface area contributed by atoms with Crippen molar-refractivity contribution in [3.8, 4) is 0 Å². The van der Waals surface area contributed by atoms with E-state index < -0.39 is 0 Å². The molecular formula is C11H15IS. The molecule has 0 unspecified atom stereocenters. The predicted octanol–water partition coefficient (Wildman–Crippen LogP) is 4.38. The van der Waals surface area contributed by atoms with Crippen LogP contribution in [-0.4, -0.2) is 10.2 Å². The van der Waals surface area contributed by atoms with Gasteiger partial charge in [-0.05, 0) is 35.2 Å². The van der Waals surface area contributed by atoms with Gasteiger partial charge >= 0.3 is 0 Å². The molecule has 0 bridgehead atoms. The molecule has 0 spiro atoms. The van der Waals surface area contributed by atoms with Crippen LogP contribution in [0.1, 0.15) is 19.3 Å². The van der Waals surface area contributed by atoms with E-state index in [0.29, 0.717) is 0 Å². The Balaban J connectivity index is 2.07. The number of benzene rings is 1. The molecular weight excluding hydrogens is 291 g/mol. The number of thioether (sulfide) groups is 1. The lowest BCUT2D eigenvalue weighted by Crippen LogP contribution is -1.81. The highest BCUT2D eigenvalue weighted by Gasteiger charge is 1.92. The lowest BCUT2D eigenvalue weighted by atomic mass is 10.3. The lowest BCUT2D eigenvalue weighted by Gasteiger charge is -2.00. The van der Waals surface area contributed by atoms with Crippen LogP contribution in [0.3, 0.4) is 0 Å². The molecule has 1 aromatic rings. The van der Waals surface area contributed by atoms with Gasteiger partial charge in [0.2, 0.25) is 0 Å². The van der Waals surface area contributed by atoms with Crippen LogP contribution in [0.15, 0.2) is 35.2 Å². The first-order valence-electron chi connectivity index (χ1n) is 4.67. The van der Waals surface area contributed by atoms with Crippen LogP contribution in [0.25, 0.3) is 0 Å². The van der Waals surface area contributed by atoms with E-state index >= 15 is 0 Å². The molecule has 0 nitrogen and oxygen atoms in total. The van der Waals surface area contributed by atoms with Crippen LogP contribution in [0.4, 0.5) is 0 Å². The molecule has 0 radical (unpaired) electrons. The number of hydrogen-bond donors (Lipinski definition) is 0. The van der Waals surface area contributed by atoms with Crippen LogP contribution >= 0.6 is 34.4 Å². The number of halogens is 1. The normalized spacial score (nSPS) is 10.2. The van der Waals surface area contributed by atoms with E-state index in [9.17, 15) is 0 Å². The van der Waals surface area contributed by atoms with Crippen molar-refractivity contribution in [2.24, 2.45) is 0 Å². The summed E-state index contributed by atoms with van der Waals surface area (Å²) >= 11 is 4.41. The zero-order valence-electron chi connectivity index (χ0n) is 7.71. The van der Waals surface area contributed by atoms with Crippen molar-refractivity contribution in [2.75, 3.05) is 10.2 Å². The molecule has 72 valence electrons. The van der Waals surface area contributed by atoms with Gasteiger partial charge in [-0.2, -0.15) is 0 Å². The number of alkyl halides is 1. The van der Waals surface area contributed by atoms with Crippen molar-refractivity contribution in [2.45, 2.75) is 24.2 Å². The molecule has 0 aromatic heterocycles. The van der Waals surface area contributed by atoms with Gasteiger partial charge in [-0.1, -0.05) is 47.2 Å². The van der Waals surface area contributed by atoms with Crippen LogP contribution in [-0.2, 0) is 0 Å². The lowest BCUT2D eigenvalue weighted by molar-refractivity contribution is 0.792. The largest absolute Gasteiger partial charge is 0.126 e. The van der Waals surface area contributed by atoms with Gasteiger partial charge in [-0.15, -0.1) is 11.8 Å². The minimum absolute atomic E-state index is 1.26. The molecule has 0 saturated heterocycles. The third kappa shape index (κ3) is 5.57. The molecule has 0 heterocycles. The summed E-state index contributed by atoms with van der Waals surface area (Å²) < 4.78 is 1.30. The highest BCUT2D eigenvalue weighted by Crippen LogP contribution is 2.18. The molecule has 1 rings (SSSR count). The van der Waals surface area contributed by atoms with E-state index in [4.69, 9.17) is 0 Å². The zero-order chi connectivity index (χ0) is 9.36. The second-order valence-corrected chi connectivity index (χ2v) is 5.16. The zero-order valence-corrected chi connectivity index (χ0v) is 10.7. The van der Waals surface area contributed by atoms with Gasteiger partial charge in [0.25, 0.3) is 0 Å². The predicted molar refractivity (Wildman–Crippen MR) is 69.9 cm³/mol. The molecule has 1 aromatic carbocycles. The van der Waals surface area contributed by atoms with Crippen LogP contribution in [0.2, 0.25) is 0 Å². The quantitative estimate of drug-likeness (QED) is 0.325. The maximum absolute atomic E-state index is 2.44. The first-order chi connectivity index (χ1) is 6.43. The summed E-state index contributed by atoms with van der Waals surface area (Å²) in [5.74, 6) is 1.26. The molecule has 13 heavy (non-hydrogen) atoms. The minimum atomic E-state index is 1.26. The van der Waals surface area contributed by atoms with Gasteiger partial charge in [0, 0.05) is 4.90 Å². The molecule has 0 aliphatic rings. The fraction of sp³-hybridized carbons (Fsp3) is 0.455. The average Bonchev–Trinajstić information content (AvgIpc) is 2.19. The topological polar surface area (TPSA) is 0 Å². The Bertz CT molecular complexity index is 211. The fourth-order valence-electron chi connectivity index (χ4n) is 1.08. The van der Waals surface area contributed by atoms with Crippen molar-refractivity contribution < 1.29 is 0 Å². The molecule has 0 N–H and O–H groups in total.